The van der Waals surface area contributed by atoms with E-state index in [0.29, 0.717) is 11.1 Å². The van der Waals surface area contributed by atoms with Gasteiger partial charge in [0.2, 0.25) is 0 Å². The molecule has 1 aliphatic rings. The van der Waals surface area contributed by atoms with Gasteiger partial charge in [-0.15, -0.1) is 0 Å². The molecule has 1 aliphatic carbocycles. The molecular formula is C37H23F4N. The predicted molar refractivity (Wildman–Crippen MR) is 158 cm³/mol. The fourth-order valence-corrected chi connectivity index (χ4v) is 6.34. The van der Waals surface area contributed by atoms with Gasteiger partial charge in [0.1, 0.15) is 23.3 Å². The second-order valence-electron chi connectivity index (χ2n) is 10.3. The van der Waals surface area contributed by atoms with E-state index in [1.165, 1.54) is 24.3 Å². The van der Waals surface area contributed by atoms with Crippen LogP contribution in [0, 0.1) is 23.3 Å². The molecule has 0 unspecified atom stereocenters. The third-order valence-electron chi connectivity index (χ3n) is 7.91. The van der Waals surface area contributed by atoms with Crippen LogP contribution in [0.3, 0.4) is 0 Å². The predicted octanol–water partition coefficient (Wildman–Crippen LogP) is 10.1. The average molecular weight is 558 g/mol. The highest BCUT2D eigenvalue weighted by molar-refractivity contribution is 5.89. The monoisotopic (exact) mass is 557 g/mol. The van der Waals surface area contributed by atoms with E-state index < -0.39 is 28.7 Å². The molecule has 204 valence electrons. The lowest BCUT2D eigenvalue weighted by Crippen LogP contribution is -2.29. The summed E-state index contributed by atoms with van der Waals surface area (Å²) in [6, 6.07) is 39.6. The summed E-state index contributed by atoms with van der Waals surface area (Å²) < 4.78 is 59.7. The van der Waals surface area contributed by atoms with E-state index >= 15 is 0 Å². The van der Waals surface area contributed by atoms with Crippen LogP contribution in [0.25, 0.3) is 11.1 Å². The Kier molecular flexibility index (Phi) is 6.16. The van der Waals surface area contributed by atoms with E-state index in [0.717, 1.165) is 40.3 Å². The molecule has 0 bridgehead atoms. The lowest BCUT2D eigenvalue weighted by molar-refractivity contribution is 0.565. The number of halogens is 4. The zero-order valence-electron chi connectivity index (χ0n) is 22.2. The van der Waals surface area contributed by atoms with Gasteiger partial charge < -0.3 is 4.90 Å². The van der Waals surface area contributed by atoms with E-state index in [2.05, 4.69) is 4.90 Å². The molecule has 6 aromatic carbocycles. The first-order chi connectivity index (χ1) is 20.4. The number of para-hydroxylation sites is 2. The van der Waals surface area contributed by atoms with E-state index in [-0.39, 0.29) is 11.1 Å². The van der Waals surface area contributed by atoms with Crippen molar-refractivity contribution in [1.82, 2.24) is 0 Å². The van der Waals surface area contributed by atoms with Gasteiger partial charge in [0.05, 0.1) is 5.41 Å². The maximum atomic E-state index is 14.9. The van der Waals surface area contributed by atoms with Crippen molar-refractivity contribution in [3.05, 3.63) is 185 Å². The van der Waals surface area contributed by atoms with Crippen LogP contribution in [0.1, 0.15) is 22.3 Å². The van der Waals surface area contributed by atoms with Crippen LogP contribution in [0.5, 0.6) is 0 Å². The third-order valence-corrected chi connectivity index (χ3v) is 7.91. The average Bonchev–Trinajstić information content (AvgIpc) is 3.28. The standard InChI is InChI=1S/C37H23F4N/c38-26-17-24(18-27(39)21-26)37(25-19-28(40)22-29(41)20-25)35-14-8-7-13-33(35)34-16-15-32(23-36(34)37)42(30-9-3-1-4-10-30)31-11-5-2-6-12-31/h1-23H. The summed E-state index contributed by atoms with van der Waals surface area (Å²) in [5.74, 6) is -3.12. The molecular weight excluding hydrogens is 534 g/mol. The Balaban J connectivity index is 1.59. The fraction of sp³-hybridized carbons (Fsp3) is 0.0270. The lowest BCUT2D eigenvalue weighted by Gasteiger charge is -2.35. The highest BCUT2D eigenvalue weighted by atomic mass is 19.1. The summed E-state index contributed by atoms with van der Waals surface area (Å²) in [5.41, 5.74) is 4.61. The van der Waals surface area contributed by atoms with Crippen LogP contribution in [0.15, 0.2) is 140 Å². The number of nitrogens with zero attached hydrogens (tertiary/aromatic N) is 1. The Morgan fingerprint density at radius 1 is 0.381 bits per heavy atom. The molecule has 0 aromatic heterocycles. The van der Waals surface area contributed by atoms with Gasteiger partial charge in [0.25, 0.3) is 0 Å². The van der Waals surface area contributed by atoms with Gasteiger partial charge in [0, 0.05) is 29.2 Å². The summed E-state index contributed by atoms with van der Waals surface area (Å²) in [4.78, 5) is 2.08. The maximum Gasteiger partial charge on any atom is 0.126 e. The summed E-state index contributed by atoms with van der Waals surface area (Å²) in [6.07, 6.45) is 0. The molecule has 0 amide bonds. The Labute approximate surface area is 240 Å². The molecule has 6 aromatic rings. The first-order valence-electron chi connectivity index (χ1n) is 13.5. The van der Waals surface area contributed by atoms with Crippen molar-refractivity contribution >= 4 is 17.1 Å². The van der Waals surface area contributed by atoms with Gasteiger partial charge in [-0.25, -0.2) is 17.6 Å². The fourth-order valence-electron chi connectivity index (χ4n) is 6.34. The van der Waals surface area contributed by atoms with Gasteiger partial charge in [-0.05, 0) is 94.0 Å². The second-order valence-corrected chi connectivity index (χ2v) is 10.3. The zero-order valence-corrected chi connectivity index (χ0v) is 22.2. The van der Waals surface area contributed by atoms with Gasteiger partial charge >= 0.3 is 0 Å². The van der Waals surface area contributed by atoms with Crippen molar-refractivity contribution in [2.24, 2.45) is 0 Å². The van der Waals surface area contributed by atoms with E-state index in [1.807, 2.05) is 103 Å². The zero-order chi connectivity index (χ0) is 28.8. The Hall–Kier alpha value is -5.16. The number of rotatable bonds is 5. The van der Waals surface area contributed by atoms with Gasteiger partial charge in [-0.2, -0.15) is 0 Å². The van der Waals surface area contributed by atoms with Crippen molar-refractivity contribution in [3.8, 4) is 11.1 Å². The molecule has 0 radical (unpaired) electrons. The normalized spacial score (nSPS) is 13.0. The van der Waals surface area contributed by atoms with Crippen LogP contribution >= 0.6 is 0 Å². The molecule has 0 saturated heterocycles. The third kappa shape index (κ3) is 4.08. The highest BCUT2D eigenvalue weighted by Crippen LogP contribution is 2.57. The van der Waals surface area contributed by atoms with Gasteiger partial charge in [-0.1, -0.05) is 66.7 Å². The minimum Gasteiger partial charge on any atom is -0.310 e. The number of anilines is 3. The Morgan fingerprint density at radius 2 is 0.833 bits per heavy atom. The molecule has 0 N–H and O–H groups in total. The molecule has 0 atom stereocenters. The summed E-state index contributed by atoms with van der Waals surface area (Å²) in [6.45, 7) is 0. The molecule has 0 aliphatic heterocycles. The quantitative estimate of drug-likeness (QED) is 0.190. The molecule has 42 heavy (non-hydrogen) atoms. The minimum atomic E-state index is -1.41. The van der Waals surface area contributed by atoms with Crippen LogP contribution < -0.4 is 4.90 Å². The Morgan fingerprint density at radius 3 is 1.36 bits per heavy atom. The van der Waals surface area contributed by atoms with Crippen molar-refractivity contribution in [2.45, 2.75) is 5.41 Å². The van der Waals surface area contributed by atoms with Crippen molar-refractivity contribution in [1.29, 1.82) is 0 Å². The summed E-state index contributed by atoms with van der Waals surface area (Å²) >= 11 is 0. The first kappa shape index (κ1) is 25.8. The summed E-state index contributed by atoms with van der Waals surface area (Å²) in [7, 11) is 0. The highest BCUT2D eigenvalue weighted by Gasteiger charge is 2.47. The van der Waals surface area contributed by atoms with E-state index in [1.54, 1.807) is 0 Å². The molecule has 7 rings (SSSR count). The SMILES string of the molecule is Fc1cc(F)cc(C2(c3cc(F)cc(F)c3)c3ccccc3-c3ccc(N(c4ccccc4)c4ccccc4)cc32)c1. The number of hydrogen-bond acceptors (Lipinski definition) is 1. The lowest BCUT2D eigenvalue weighted by atomic mass is 9.67. The number of benzene rings is 6. The van der Waals surface area contributed by atoms with Gasteiger partial charge in [0.15, 0.2) is 0 Å². The van der Waals surface area contributed by atoms with Crippen LogP contribution in [0.4, 0.5) is 34.6 Å². The first-order valence-corrected chi connectivity index (χ1v) is 13.5. The van der Waals surface area contributed by atoms with Gasteiger partial charge in [-0.3, -0.25) is 0 Å². The van der Waals surface area contributed by atoms with Crippen LogP contribution in [0.2, 0.25) is 0 Å². The number of hydrogen-bond donors (Lipinski definition) is 0. The largest absolute Gasteiger partial charge is 0.310 e. The maximum absolute atomic E-state index is 14.9. The van der Waals surface area contributed by atoms with E-state index in [4.69, 9.17) is 0 Å². The molecule has 0 fully saturated rings. The molecule has 0 heterocycles. The van der Waals surface area contributed by atoms with Crippen LogP contribution in [-0.4, -0.2) is 0 Å². The topological polar surface area (TPSA) is 3.24 Å². The Bertz CT molecular complexity index is 1800. The molecule has 0 spiro atoms. The van der Waals surface area contributed by atoms with Crippen molar-refractivity contribution < 1.29 is 17.6 Å². The van der Waals surface area contributed by atoms with Crippen molar-refractivity contribution in [3.63, 3.8) is 0 Å². The minimum absolute atomic E-state index is 0.235. The molecule has 5 heteroatoms. The smallest absolute Gasteiger partial charge is 0.126 e. The van der Waals surface area contributed by atoms with Crippen molar-refractivity contribution in [2.75, 3.05) is 4.90 Å². The van der Waals surface area contributed by atoms with E-state index in [9.17, 15) is 17.6 Å². The molecule has 0 saturated carbocycles. The number of fused-ring (bicyclic) bond motifs is 3. The van der Waals surface area contributed by atoms with Crippen LogP contribution in [-0.2, 0) is 5.41 Å². The summed E-state index contributed by atoms with van der Waals surface area (Å²) in [5, 5.41) is 0. The molecule has 1 nitrogen and oxygen atoms in total. The second kappa shape index (κ2) is 10.0.